The number of aromatic nitrogens is 3. The zero-order valence-corrected chi connectivity index (χ0v) is 7.28. The molecular formula is C6H11N5O3. The van der Waals surface area contributed by atoms with Crippen molar-refractivity contribution in [2.24, 2.45) is 5.73 Å². The van der Waals surface area contributed by atoms with Gasteiger partial charge in [0.15, 0.2) is 0 Å². The van der Waals surface area contributed by atoms with Gasteiger partial charge in [-0.05, 0) is 0 Å². The van der Waals surface area contributed by atoms with E-state index in [1.165, 1.54) is 0 Å². The first-order valence-electron chi connectivity index (χ1n) is 3.93. The van der Waals surface area contributed by atoms with E-state index in [9.17, 15) is 9.59 Å². The van der Waals surface area contributed by atoms with E-state index < -0.39 is 17.3 Å². The minimum atomic E-state index is -0.674. The summed E-state index contributed by atoms with van der Waals surface area (Å²) in [5, 5.41) is 16.7. The maximum atomic E-state index is 11.0. The molecule has 1 rings (SSSR count). The van der Waals surface area contributed by atoms with Crippen LogP contribution in [0.3, 0.4) is 0 Å². The molecule has 0 radical (unpaired) electrons. The molecule has 1 aromatic rings. The smallest absolute Gasteiger partial charge is 0.342 e. The SMILES string of the molecule is NC(CO)CNc1n[nH]c(=O)[nH]c1=O. The van der Waals surface area contributed by atoms with Crippen molar-refractivity contribution in [2.45, 2.75) is 6.04 Å². The van der Waals surface area contributed by atoms with Crippen molar-refractivity contribution >= 4 is 5.82 Å². The monoisotopic (exact) mass is 201 g/mol. The third kappa shape index (κ3) is 2.68. The van der Waals surface area contributed by atoms with E-state index in [0.29, 0.717) is 0 Å². The van der Waals surface area contributed by atoms with Crippen LogP contribution in [-0.4, -0.2) is 39.5 Å². The van der Waals surface area contributed by atoms with Gasteiger partial charge in [-0.15, -0.1) is 5.10 Å². The molecule has 8 heteroatoms. The van der Waals surface area contributed by atoms with Gasteiger partial charge in [0, 0.05) is 12.6 Å². The van der Waals surface area contributed by atoms with Crippen molar-refractivity contribution in [3.63, 3.8) is 0 Å². The van der Waals surface area contributed by atoms with E-state index >= 15 is 0 Å². The summed E-state index contributed by atoms with van der Waals surface area (Å²) in [6.45, 7) is -0.00706. The second-order valence-electron chi connectivity index (χ2n) is 2.68. The van der Waals surface area contributed by atoms with E-state index in [2.05, 4.69) is 15.5 Å². The highest BCUT2D eigenvalue weighted by Crippen LogP contribution is 1.86. The molecule has 14 heavy (non-hydrogen) atoms. The lowest BCUT2D eigenvalue weighted by molar-refractivity contribution is 0.270. The minimum absolute atomic E-state index is 0.0338. The predicted molar refractivity (Wildman–Crippen MR) is 49.0 cm³/mol. The van der Waals surface area contributed by atoms with Gasteiger partial charge < -0.3 is 16.2 Å². The fraction of sp³-hybridized carbons (Fsp3) is 0.500. The first-order valence-corrected chi connectivity index (χ1v) is 3.93. The molecule has 0 saturated heterocycles. The third-order valence-corrected chi connectivity index (χ3v) is 1.48. The topological polar surface area (TPSA) is 137 Å². The number of nitrogens with zero attached hydrogens (tertiary/aromatic N) is 1. The summed E-state index contributed by atoms with van der Waals surface area (Å²) < 4.78 is 0. The van der Waals surface area contributed by atoms with Crippen LogP contribution in [0, 0.1) is 0 Å². The van der Waals surface area contributed by atoms with E-state index in [-0.39, 0.29) is 19.0 Å². The molecule has 0 fully saturated rings. The lowest BCUT2D eigenvalue weighted by Crippen LogP contribution is -2.35. The number of rotatable bonds is 4. The van der Waals surface area contributed by atoms with Gasteiger partial charge in [-0.1, -0.05) is 0 Å². The zero-order valence-electron chi connectivity index (χ0n) is 7.28. The van der Waals surface area contributed by atoms with Crippen molar-refractivity contribution in [2.75, 3.05) is 18.5 Å². The predicted octanol–water partition coefficient (Wildman–Crippen LogP) is -2.81. The lowest BCUT2D eigenvalue weighted by Gasteiger charge is -2.08. The van der Waals surface area contributed by atoms with Crippen LogP contribution in [0.15, 0.2) is 9.59 Å². The molecule has 0 bridgehead atoms. The zero-order chi connectivity index (χ0) is 10.6. The van der Waals surface area contributed by atoms with E-state index in [4.69, 9.17) is 10.8 Å². The van der Waals surface area contributed by atoms with Crippen molar-refractivity contribution in [3.05, 3.63) is 20.8 Å². The highest BCUT2D eigenvalue weighted by molar-refractivity contribution is 5.28. The van der Waals surface area contributed by atoms with Gasteiger partial charge in [0.05, 0.1) is 6.61 Å². The second-order valence-corrected chi connectivity index (χ2v) is 2.68. The molecule has 1 unspecified atom stereocenters. The Bertz CT molecular complexity index is 397. The maximum absolute atomic E-state index is 11.0. The van der Waals surface area contributed by atoms with Crippen LogP contribution in [0.1, 0.15) is 0 Å². The average molecular weight is 201 g/mol. The molecule has 0 aliphatic heterocycles. The van der Waals surface area contributed by atoms with E-state index in [0.717, 1.165) is 0 Å². The Morgan fingerprint density at radius 2 is 2.29 bits per heavy atom. The number of aliphatic hydroxyl groups is 1. The Kier molecular flexibility index (Phi) is 3.37. The van der Waals surface area contributed by atoms with Crippen LogP contribution in [0.2, 0.25) is 0 Å². The van der Waals surface area contributed by atoms with Crippen LogP contribution in [-0.2, 0) is 0 Å². The Balaban J connectivity index is 2.68. The van der Waals surface area contributed by atoms with Gasteiger partial charge in [0.25, 0.3) is 5.56 Å². The summed E-state index contributed by atoms with van der Waals surface area (Å²) in [7, 11) is 0. The highest BCUT2D eigenvalue weighted by atomic mass is 16.3. The fourth-order valence-corrected chi connectivity index (χ4v) is 0.760. The summed E-state index contributed by atoms with van der Waals surface area (Å²) in [4.78, 5) is 23.6. The van der Waals surface area contributed by atoms with Crippen molar-refractivity contribution in [1.82, 2.24) is 15.2 Å². The van der Waals surface area contributed by atoms with Crippen LogP contribution < -0.4 is 22.3 Å². The van der Waals surface area contributed by atoms with Crippen molar-refractivity contribution in [1.29, 1.82) is 0 Å². The largest absolute Gasteiger partial charge is 0.395 e. The number of nitrogens with two attached hydrogens (primary N) is 1. The molecule has 6 N–H and O–H groups in total. The van der Waals surface area contributed by atoms with Gasteiger partial charge in [-0.3, -0.25) is 9.78 Å². The molecule has 0 spiro atoms. The summed E-state index contributed by atoms with van der Waals surface area (Å²) >= 11 is 0. The fourth-order valence-electron chi connectivity index (χ4n) is 0.760. The number of anilines is 1. The number of aliphatic hydroxyl groups excluding tert-OH is 1. The lowest BCUT2D eigenvalue weighted by atomic mass is 10.3. The van der Waals surface area contributed by atoms with E-state index in [1.54, 1.807) is 0 Å². The Hall–Kier alpha value is -1.67. The number of aromatic amines is 2. The van der Waals surface area contributed by atoms with Crippen LogP contribution >= 0.6 is 0 Å². The molecule has 0 aliphatic carbocycles. The molecule has 1 heterocycles. The van der Waals surface area contributed by atoms with Gasteiger partial charge in [0.2, 0.25) is 5.82 Å². The Morgan fingerprint density at radius 3 is 2.86 bits per heavy atom. The molecule has 0 aromatic carbocycles. The number of hydrogen-bond donors (Lipinski definition) is 5. The summed E-state index contributed by atoms with van der Waals surface area (Å²) in [5.74, 6) is -0.0338. The average Bonchev–Trinajstić information content (AvgIpc) is 2.16. The molecular weight excluding hydrogens is 190 g/mol. The molecule has 1 aromatic heterocycles. The molecule has 78 valence electrons. The quantitative estimate of drug-likeness (QED) is 0.356. The number of hydrogen-bond acceptors (Lipinski definition) is 6. The normalized spacial score (nSPS) is 12.4. The molecule has 0 saturated carbocycles. The van der Waals surface area contributed by atoms with Crippen LogP contribution in [0.25, 0.3) is 0 Å². The first kappa shape index (κ1) is 10.4. The minimum Gasteiger partial charge on any atom is -0.395 e. The third-order valence-electron chi connectivity index (χ3n) is 1.48. The van der Waals surface area contributed by atoms with Crippen molar-refractivity contribution < 1.29 is 5.11 Å². The van der Waals surface area contributed by atoms with Gasteiger partial charge >= 0.3 is 5.69 Å². The molecule has 8 nitrogen and oxygen atoms in total. The molecule has 0 amide bonds. The molecule has 1 atom stereocenters. The van der Waals surface area contributed by atoms with Crippen LogP contribution in [0.4, 0.5) is 5.82 Å². The summed E-state index contributed by atoms with van der Waals surface area (Å²) in [5.41, 5.74) is 4.08. The summed E-state index contributed by atoms with van der Waals surface area (Å²) in [6.07, 6.45) is 0. The summed E-state index contributed by atoms with van der Waals surface area (Å²) in [6, 6.07) is -0.483. The van der Waals surface area contributed by atoms with Crippen molar-refractivity contribution in [3.8, 4) is 0 Å². The first-order chi connectivity index (χ1) is 6.63. The maximum Gasteiger partial charge on any atom is 0.342 e. The van der Waals surface area contributed by atoms with Gasteiger partial charge in [-0.25, -0.2) is 9.89 Å². The number of H-pyrrole nitrogens is 2. The van der Waals surface area contributed by atoms with Gasteiger partial charge in [0.1, 0.15) is 0 Å². The molecule has 0 aliphatic rings. The standard InChI is InChI=1S/C6H11N5O3/c7-3(2-12)1-8-4-5(13)9-6(14)11-10-4/h3,12H,1-2,7H2,(H,8,10)(H2,9,11,13,14). The van der Waals surface area contributed by atoms with Crippen LogP contribution in [0.5, 0.6) is 0 Å². The van der Waals surface area contributed by atoms with E-state index in [1.807, 2.05) is 4.98 Å². The highest BCUT2D eigenvalue weighted by Gasteiger charge is 2.04. The second kappa shape index (κ2) is 4.53. The Morgan fingerprint density at radius 1 is 1.57 bits per heavy atom. The number of nitrogens with one attached hydrogen (secondary N) is 3. The van der Waals surface area contributed by atoms with Gasteiger partial charge in [-0.2, -0.15) is 0 Å². The Labute approximate surface area is 78.2 Å².